The summed E-state index contributed by atoms with van der Waals surface area (Å²) in [5.74, 6) is -0.0862. The Morgan fingerprint density at radius 3 is 2.79 bits per heavy atom. The lowest BCUT2D eigenvalue weighted by Gasteiger charge is -2.09. The first-order valence-electron chi connectivity index (χ1n) is 5.86. The van der Waals surface area contributed by atoms with Crippen LogP contribution in [0.25, 0.3) is 0 Å². The van der Waals surface area contributed by atoms with E-state index in [0.717, 1.165) is 10.2 Å². The molecular formula is C14H13BrFNO2. The molecule has 1 heterocycles. The van der Waals surface area contributed by atoms with Crippen molar-refractivity contribution in [1.29, 1.82) is 0 Å². The van der Waals surface area contributed by atoms with Crippen molar-refractivity contribution in [2.75, 3.05) is 0 Å². The van der Waals surface area contributed by atoms with Crippen molar-refractivity contribution in [3.05, 3.63) is 51.9 Å². The van der Waals surface area contributed by atoms with E-state index in [1.54, 1.807) is 18.2 Å². The quantitative estimate of drug-likeness (QED) is 0.928. The first kappa shape index (κ1) is 14.0. The molecule has 0 saturated heterocycles. The molecule has 0 bridgehead atoms. The van der Waals surface area contributed by atoms with Crippen LogP contribution in [0, 0.1) is 5.82 Å². The predicted octanol–water partition coefficient (Wildman–Crippen LogP) is 3.83. The van der Waals surface area contributed by atoms with Gasteiger partial charge in [0.1, 0.15) is 0 Å². The van der Waals surface area contributed by atoms with E-state index in [1.165, 1.54) is 12.1 Å². The molecule has 100 valence electrons. The van der Waals surface area contributed by atoms with Crippen LogP contribution in [-0.2, 0) is 13.0 Å². The number of aryl methyl sites for hydroxylation is 1. The van der Waals surface area contributed by atoms with Gasteiger partial charge in [0.2, 0.25) is 5.88 Å². The van der Waals surface area contributed by atoms with E-state index in [1.807, 2.05) is 6.92 Å². The molecule has 0 radical (unpaired) electrons. The van der Waals surface area contributed by atoms with Crippen molar-refractivity contribution < 1.29 is 14.2 Å². The predicted molar refractivity (Wildman–Crippen MR) is 73.7 cm³/mol. The van der Waals surface area contributed by atoms with Crippen molar-refractivity contribution in [3.63, 3.8) is 0 Å². The molecule has 0 amide bonds. The fourth-order valence-corrected chi connectivity index (χ4v) is 1.95. The molecule has 1 N–H and O–H groups in total. The van der Waals surface area contributed by atoms with Crippen LogP contribution in [-0.4, -0.2) is 10.1 Å². The number of rotatable bonds is 4. The minimum atomic E-state index is -0.461. The van der Waals surface area contributed by atoms with Gasteiger partial charge in [0.15, 0.2) is 11.6 Å². The first-order chi connectivity index (χ1) is 9.12. The summed E-state index contributed by atoms with van der Waals surface area (Å²) in [4.78, 5) is 4.25. The second kappa shape index (κ2) is 6.12. The molecule has 0 aliphatic rings. The number of aromatic nitrogens is 1. The van der Waals surface area contributed by atoms with Gasteiger partial charge in [-0.25, -0.2) is 9.37 Å². The molecule has 2 rings (SSSR count). The molecule has 2 aromatic rings. The molecule has 1 aromatic heterocycles. The fraction of sp³-hybridized carbons (Fsp3) is 0.214. The lowest BCUT2D eigenvalue weighted by molar-refractivity contribution is 0.280. The maximum Gasteiger partial charge on any atom is 0.219 e. The summed E-state index contributed by atoms with van der Waals surface area (Å²) < 4.78 is 19.8. The summed E-state index contributed by atoms with van der Waals surface area (Å²) in [5, 5.41) is 9.18. The molecular weight excluding hydrogens is 313 g/mol. The Kier molecular flexibility index (Phi) is 4.50. The van der Waals surface area contributed by atoms with Gasteiger partial charge >= 0.3 is 0 Å². The van der Waals surface area contributed by atoms with Crippen LogP contribution in [0.3, 0.4) is 0 Å². The number of halogens is 2. The average molecular weight is 326 g/mol. The number of benzene rings is 1. The summed E-state index contributed by atoms with van der Waals surface area (Å²) in [6.45, 7) is 1.85. The lowest BCUT2D eigenvalue weighted by atomic mass is 10.2. The highest BCUT2D eigenvalue weighted by atomic mass is 79.9. The Morgan fingerprint density at radius 2 is 2.11 bits per heavy atom. The summed E-state index contributed by atoms with van der Waals surface area (Å²) in [7, 11) is 0. The van der Waals surface area contributed by atoms with Crippen LogP contribution in [0.4, 0.5) is 4.39 Å². The molecule has 0 saturated carbocycles. The van der Waals surface area contributed by atoms with Gasteiger partial charge in [-0.1, -0.05) is 22.9 Å². The minimum absolute atomic E-state index is 0.0963. The molecule has 0 aliphatic heterocycles. The van der Waals surface area contributed by atoms with Crippen molar-refractivity contribution in [2.24, 2.45) is 0 Å². The second-order valence-electron chi connectivity index (χ2n) is 3.99. The molecule has 1 aromatic carbocycles. The van der Waals surface area contributed by atoms with Gasteiger partial charge in [0.25, 0.3) is 0 Å². The van der Waals surface area contributed by atoms with E-state index in [2.05, 4.69) is 20.9 Å². The van der Waals surface area contributed by atoms with Crippen LogP contribution in [0.1, 0.15) is 18.2 Å². The standard InChI is InChI=1S/C14H13BrFNO2/c1-2-11-5-9(8-18)6-14(17-11)19-13-7-10(15)3-4-12(13)16/h3-7,18H,2,8H2,1H3. The third-order valence-corrected chi connectivity index (χ3v) is 3.06. The lowest BCUT2D eigenvalue weighted by Crippen LogP contribution is -1.97. The normalized spacial score (nSPS) is 10.5. The Balaban J connectivity index is 2.34. The van der Waals surface area contributed by atoms with Crippen molar-refractivity contribution in [1.82, 2.24) is 4.98 Å². The Hall–Kier alpha value is -1.46. The molecule has 5 heteroatoms. The van der Waals surface area contributed by atoms with Crippen molar-refractivity contribution in [2.45, 2.75) is 20.0 Å². The summed E-state index contributed by atoms with van der Waals surface area (Å²) in [6.07, 6.45) is 0.713. The smallest absolute Gasteiger partial charge is 0.219 e. The number of nitrogens with zero attached hydrogens (tertiary/aromatic N) is 1. The molecule has 19 heavy (non-hydrogen) atoms. The van der Waals surface area contributed by atoms with E-state index in [4.69, 9.17) is 4.74 Å². The third kappa shape index (κ3) is 3.52. The summed E-state index contributed by atoms with van der Waals surface area (Å²) >= 11 is 3.26. The number of aliphatic hydroxyl groups is 1. The third-order valence-electron chi connectivity index (χ3n) is 2.57. The summed E-state index contributed by atoms with van der Waals surface area (Å²) in [6, 6.07) is 7.84. The SMILES string of the molecule is CCc1cc(CO)cc(Oc2cc(Br)ccc2F)n1. The van der Waals surface area contributed by atoms with Crippen LogP contribution < -0.4 is 4.74 Å². The number of pyridine rings is 1. The maximum absolute atomic E-state index is 13.6. The molecule has 3 nitrogen and oxygen atoms in total. The van der Waals surface area contributed by atoms with Crippen LogP contribution >= 0.6 is 15.9 Å². The van der Waals surface area contributed by atoms with Crippen LogP contribution in [0.2, 0.25) is 0 Å². The zero-order chi connectivity index (χ0) is 13.8. The Morgan fingerprint density at radius 1 is 1.32 bits per heavy atom. The number of hydrogen-bond donors (Lipinski definition) is 1. The number of aliphatic hydroxyl groups excluding tert-OH is 1. The van der Waals surface area contributed by atoms with Gasteiger partial charge < -0.3 is 9.84 Å². The van der Waals surface area contributed by atoms with Crippen LogP contribution in [0.15, 0.2) is 34.8 Å². The van der Waals surface area contributed by atoms with Crippen molar-refractivity contribution in [3.8, 4) is 11.6 Å². The topological polar surface area (TPSA) is 42.4 Å². The highest BCUT2D eigenvalue weighted by Crippen LogP contribution is 2.27. The highest BCUT2D eigenvalue weighted by Gasteiger charge is 2.08. The van der Waals surface area contributed by atoms with E-state index in [9.17, 15) is 9.50 Å². The Bertz CT molecular complexity index is 567. The molecule has 0 fully saturated rings. The molecule has 0 aliphatic carbocycles. The number of hydrogen-bond acceptors (Lipinski definition) is 3. The Labute approximate surface area is 119 Å². The number of ether oxygens (including phenoxy) is 1. The first-order valence-corrected chi connectivity index (χ1v) is 6.65. The zero-order valence-electron chi connectivity index (χ0n) is 10.4. The van der Waals surface area contributed by atoms with Gasteiger partial charge in [-0.2, -0.15) is 0 Å². The largest absolute Gasteiger partial charge is 0.436 e. The molecule has 0 atom stereocenters. The molecule has 0 spiro atoms. The minimum Gasteiger partial charge on any atom is -0.436 e. The van der Waals surface area contributed by atoms with Crippen LogP contribution in [0.5, 0.6) is 11.6 Å². The highest BCUT2D eigenvalue weighted by molar-refractivity contribution is 9.10. The molecule has 0 unspecified atom stereocenters. The summed E-state index contributed by atoms with van der Waals surface area (Å²) in [5.41, 5.74) is 1.48. The van der Waals surface area contributed by atoms with Crippen molar-refractivity contribution >= 4 is 15.9 Å². The average Bonchev–Trinajstić information content (AvgIpc) is 2.42. The monoisotopic (exact) mass is 325 g/mol. The van der Waals surface area contributed by atoms with Gasteiger partial charge in [-0.15, -0.1) is 0 Å². The van der Waals surface area contributed by atoms with Gasteiger partial charge in [-0.3, -0.25) is 0 Å². The van der Waals surface area contributed by atoms with E-state index >= 15 is 0 Å². The maximum atomic E-state index is 13.6. The van der Waals surface area contributed by atoms with E-state index in [0.29, 0.717) is 12.0 Å². The fourth-order valence-electron chi connectivity index (χ4n) is 1.61. The van der Waals surface area contributed by atoms with Gasteiger partial charge in [-0.05, 0) is 36.2 Å². The van der Waals surface area contributed by atoms with Gasteiger partial charge in [0, 0.05) is 16.2 Å². The second-order valence-corrected chi connectivity index (χ2v) is 4.91. The van der Waals surface area contributed by atoms with E-state index < -0.39 is 5.82 Å². The van der Waals surface area contributed by atoms with E-state index in [-0.39, 0.29) is 18.2 Å². The van der Waals surface area contributed by atoms with Gasteiger partial charge in [0.05, 0.1) is 6.61 Å². The zero-order valence-corrected chi connectivity index (χ0v) is 11.9.